The highest BCUT2D eigenvalue weighted by Gasteiger charge is 2.58. The lowest BCUT2D eigenvalue weighted by molar-refractivity contribution is -0.894. The molecule has 6 aromatic rings. The number of rotatable bonds is 47. The number of ether oxygens (including phenoxy) is 4. The number of aliphatic hydroxyl groups is 10. The Bertz CT molecular complexity index is 5630. The molecule has 49 nitrogen and oxygen atoms in total. The molecule has 10 rings (SSSR count). The average molecular weight is 2250 g/mol. The first kappa shape index (κ1) is 131. The number of quaternary nitrogens is 1. The number of H-pyrrole nitrogens is 5. The largest absolute Gasteiger partial charge is 0.697 e. The zero-order chi connectivity index (χ0) is 111. The Hall–Kier alpha value is -7.10. The van der Waals surface area contributed by atoms with Crippen molar-refractivity contribution in [3.8, 4) is 0 Å². The molecular formula is C91H143N11O38P4S4+2. The van der Waals surface area contributed by atoms with E-state index in [4.69, 9.17) is 51.2 Å². The standard InChI is InChI=1S/C25H36N3O9PS.C24H34N3O10PS.C18H27N2O9PS.C10H14N2O6.C8H15O4PS.C6H15N/c1-5-24(2,3)22(31)39-14-13-35-38(34,26-15-17-9-7-6-8-10-17)36-16-18-25(4,33)20(30)21(37-18)28-12-11-19(29)27-23(28)32;1-23(2,15-28)21(31)39-12-11-35-38(34,25-13-16-7-5-4-6-8-16)36-14-17-24(3,33)19(30)20(37-17)27-10-9-18(29)26-22(27)32;1-5-17(2,3)15(23)31-9-8-27-30(26)28-10-11-18(4,25)13(22)14(29-11)20-7-6-12(21)19-16(20)24;1-10(17)5(3-13)18-7(8(10)15)4-2-6(14)12-9(16)11-4;1-4-8(2,3)7(9)14-6-5-12-13(10)11;1-4-7(5-2)6-3/h6-12,18,20-21,30,33H,5,13-16H2,1-4H3,(H,26,34)(H,27,29,32);4-10,17,19-20,28,30,33H,11-15H2,1-3H3,(H,25,34)(H,26,29,32);6-7,11,13-14,22,25H,5,8-10H2,1-4H3;2,5,7-8,13,15,17H,3H2,1H3,(H2,11,12,14,16);4-6H2,1-3H3;4-6H2,1-3H3/p+2/t18-,20?,21-,25+,38?;17-,19?,20-,24+,38?;11-,13?,14-,18+;5-,7+,8?,10+;;/m1111../s1. The van der Waals surface area contributed by atoms with Gasteiger partial charge in [0.25, 0.3) is 22.2 Å². The topological polar surface area (TPSA) is 722 Å². The maximum atomic E-state index is 13.6. The second kappa shape index (κ2) is 60.1. The van der Waals surface area contributed by atoms with Gasteiger partial charge in [0.2, 0.25) is 0 Å². The predicted molar refractivity (Wildman–Crippen MR) is 549 cm³/mol. The van der Waals surface area contributed by atoms with E-state index in [1.165, 1.54) is 47.3 Å². The zero-order valence-corrected chi connectivity index (χ0v) is 92.6. The van der Waals surface area contributed by atoms with Gasteiger partial charge >= 0.3 is 54.8 Å². The third kappa shape index (κ3) is 39.4. The number of hydrogen-bond donors (Lipinski definition) is 18. The fraction of sp³-hybridized carbons (Fsp3) is 0.648. The minimum atomic E-state index is -4.04. The normalized spacial score (nSPS) is 24.8. The van der Waals surface area contributed by atoms with E-state index in [-0.39, 0.29) is 95.8 Å². The van der Waals surface area contributed by atoms with Gasteiger partial charge in [0, 0.05) is 99.8 Å². The Morgan fingerprint density at radius 3 is 1.08 bits per heavy atom. The van der Waals surface area contributed by atoms with Gasteiger partial charge in [-0.3, -0.25) is 90.1 Å². The van der Waals surface area contributed by atoms with E-state index in [0.717, 1.165) is 121 Å². The molecule has 0 amide bonds. The van der Waals surface area contributed by atoms with Gasteiger partial charge in [-0.25, -0.2) is 38.5 Å². The van der Waals surface area contributed by atoms with Crippen LogP contribution in [0.3, 0.4) is 0 Å². The first-order valence-electron chi connectivity index (χ1n) is 47.2. The van der Waals surface area contributed by atoms with Crippen molar-refractivity contribution in [2.75, 3.05) is 102 Å². The molecule has 4 aromatic heterocycles. The molecular weight excluding hydrogens is 2110 g/mol. The lowest BCUT2D eigenvalue weighted by Gasteiger charge is -2.28. The first-order chi connectivity index (χ1) is 69.1. The smallest absolute Gasteiger partial charge is 0.566 e. The SMILES string of the molecule is CC(C)(CO)C(=O)SCCOP(=O)(NCc1ccccc1)OC[C@H]1O[C@@H](n2ccc(=O)[nH]c2=O)C(O)[C@@]1(C)O.CCC(C)(C)C(=O)SCCOP(=O)(NCc1ccccc1)OC[C@H]1O[C@@H](n2ccc(=O)[nH]c2=O)C(O)[C@@]1(C)O.CCC(C)(C)C(=O)SCCO[P+](=O)OC[C@H]1O[C@@H](n2ccc(=O)[nH]c2=O)C(O)[C@@]1(C)O.CCC(C)(C)C(=O)SCCO[P+](=O)[O-].CC[NH+](CC)CC.C[C@@]1(O)C(O)[C@H](c2cc(=O)[nH]c(=O)[nH]2)O[C@@H]1CO. The Balaban J connectivity index is 0.000000332. The maximum absolute atomic E-state index is 13.6. The first-order valence-corrected chi connectivity index (χ1v) is 56.4. The summed E-state index contributed by atoms with van der Waals surface area (Å²) in [6.07, 6.45) is -10.1. The lowest BCUT2D eigenvalue weighted by Crippen LogP contribution is -3.11. The van der Waals surface area contributed by atoms with Crippen LogP contribution in [0.1, 0.15) is 185 Å². The lowest BCUT2D eigenvalue weighted by atomic mass is 9.92. The molecule has 0 aliphatic carbocycles. The predicted octanol–water partition coefficient (Wildman–Crippen LogP) is 3.12. The molecule has 2 aromatic carbocycles. The molecule has 57 heteroatoms. The van der Waals surface area contributed by atoms with E-state index in [1.807, 2.05) is 114 Å². The molecule has 148 heavy (non-hydrogen) atoms. The van der Waals surface area contributed by atoms with Crippen molar-refractivity contribution in [2.24, 2.45) is 21.7 Å². The van der Waals surface area contributed by atoms with Gasteiger partial charge in [-0.1, -0.05) is 170 Å². The van der Waals surface area contributed by atoms with E-state index in [1.54, 1.807) is 43.0 Å². The summed E-state index contributed by atoms with van der Waals surface area (Å²) < 4.78 is 111. The van der Waals surface area contributed by atoms with E-state index in [9.17, 15) is 127 Å². The number of aromatic amines is 5. The summed E-state index contributed by atoms with van der Waals surface area (Å²) in [5.41, 5.74) is -13.7. The Morgan fingerprint density at radius 2 is 0.777 bits per heavy atom. The van der Waals surface area contributed by atoms with Crippen LogP contribution in [-0.2, 0) is 101 Å². The van der Waals surface area contributed by atoms with Crippen LogP contribution in [0.25, 0.3) is 0 Å². The summed E-state index contributed by atoms with van der Waals surface area (Å²) in [5, 5.41) is 108. The monoisotopic (exact) mass is 2250 g/mol. The van der Waals surface area contributed by atoms with Crippen LogP contribution in [0, 0.1) is 21.7 Å². The second-order valence-corrected chi connectivity index (χ2v) is 47.1. The molecule has 0 spiro atoms. The number of carbonyl (C=O) groups is 4. The van der Waals surface area contributed by atoms with Gasteiger partial charge in [-0.05, 0) is 97.3 Å². The highest BCUT2D eigenvalue weighted by atomic mass is 32.2. The molecule has 4 aliphatic heterocycles. The Labute approximate surface area is 872 Å². The van der Waals surface area contributed by atoms with Crippen molar-refractivity contribution in [2.45, 2.75) is 253 Å². The summed E-state index contributed by atoms with van der Waals surface area (Å²) in [6.45, 7) is 33.8. The molecule has 0 radical (unpaired) electrons. The van der Waals surface area contributed by atoms with Crippen LogP contribution in [0.4, 0.5) is 0 Å². The van der Waals surface area contributed by atoms with Crippen LogP contribution in [0.2, 0.25) is 0 Å². The third-order valence-electron chi connectivity index (χ3n) is 24.7. The number of thioether (sulfide) groups is 4. The van der Waals surface area contributed by atoms with E-state index >= 15 is 0 Å². The minimum absolute atomic E-state index is 0.00507. The highest BCUT2D eigenvalue weighted by Crippen LogP contribution is 2.50. The number of carbonyl (C=O) groups excluding carboxylic acids is 4. The van der Waals surface area contributed by atoms with E-state index in [2.05, 4.69) is 45.4 Å². The zero-order valence-electron chi connectivity index (χ0n) is 85.8. The summed E-state index contributed by atoms with van der Waals surface area (Å²) in [6, 6.07) is 22.5. The van der Waals surface area contributed by atoms with Gasteiger partial charge in [0.15, 0.2) is 39.1 Å². The summed E-state index contributed by atoms with van der Waals surface area (Å²) in [7, 11) is -13.4. The van der Waals surface area contributed by atoms with Gasteiger partial charge in [0.1, 0.15) is 97.2 Å². The average Bonchev–Trinajstić information content (AvgIpc) is 1.63. The van der Waals surface area contributed by atoms with Crippen LogP contribution in [0.15, 0.2) is 142 Å². The number of benzene rings is 2. The fourth-order valence-corrected chi connectivity index (χ4v) is 20.5. The molecule has 4 fully saturated rings. The minimum Gasteiger partial charge on any atom is -0.566 e. The summed E-state index contributed by atoms with van der Waals surface area (Å²) in [5.74, 6) is 1.07. The highest BCUT2D eigenvalue weighted by molar-refractivity contribution is 8.14. The molecule has 832 valence electrons. The van der Waals surface area contributed by atoms with Gasteiger partial charge in [-0.15, -0.1) is 13.6 Å². The van der Waals surface area contributed by atoms with Crippen LogP contribution in [0.5, 0.6) is 0 Å². The van der Waals surface area contributed by atoms with E-state index < -0.39 is 209 Å². The number of nitrogens with zero attached hydrogens (tertiary/aromatic N) is 3. The summed E-state index contributed by atoms with van der Waals surface area (Å²) in [4.78, 5) is 163. The molecule has 18 N–H and O–H groups in total. The van der Waals surface area contributed by atoms with Crippen molar-refractivity contribution >= 4 is 99.5 Å². The molecule has 20 atom stereocenters. The summed E-state index contributed by atoms with van der Waals surface area (Å²) >= 11 is 4.22. The number of aromatic nitrogens is 8. The third-order valence-corrected chi connectivity index (χ3v) is 33.7. The number of nitrogens with one attached hydrogen (secondary N) is 8. The fourth-order valence-electron chi connectivity index (χ4n) is 13.2. The van der Waals surface area contributed by atoms with Crippen molar-refractivity contribution in [1.82, 2.24) is 48.8 Å². The molecule has 0 saturated carbocycles. The van der Waals surface area contributed by atoms with Crippen molar-refractivity contribution in [1.29, 1.82) is 0 Å². The molecule has 8 heterocycles. The van der Waals surface area contributed by atoms with Crippen molar-refractivity contribution in [3.05, 3.63) is 204 Å². The number of hydrogen-bond acceptors (Lipinski definition) is 42. The van der Waals surface area contributed by atoms with Crippen LogP contribution >= 0.6 is 79.1 Å². The Kier molecular flexibility index (Phi) is 53.3. The van der Waals surface area contributed by atoms with Gasteiger partial charge in [0.05, 0.1) is 70.4 Å². The van der Waals surface area contributed by atoms with Gasteiger partial charge in [-0.2, -0.15) is 0 Å². The van der Waals surface area contributed by atoms with Crippen molar-refractivity contribution in [3.63, 3.8) is 0 Å². The molecule has 4 aliphatic rings. The number of aliphatic hydroxyl groups excluding tert-OH is 6. The van der Waals surface area contributed by atoms with Gasteiger partial charge < -0.3 is 84.8 Å². The van der Waals surface area contributed by atoms with Crippen molar-refractivity contribution < 1.29 is 149 Å². The molecule has 8 unspecified atom stereocenters. The Morgan fingerprint density at radius 1 is 0.446 bits per heavy atom. The quantitative estimate of drug-likeness (QED) is 0.0193. The second-order valence-electron chi connectivity index (χ2n) is 37.5. The van der Waals surface area contributed by atoms with E-state index in [0.29, 0.717) is 24.3 Å². The maximum Gasteiger partial charge on any atom is 0.697 e. The van der Waals surface area contributed by atoms with Crippen LogP contribution < -0.4 is 65.0 Å². The molecule has 0 bridgehead atoms. The molecule has 4 saturated heterocycles. The van der Waals surface area contributed by atoms with Crippen LogP contribution in [-0.4, -0.2) is 283 Å².